The van der Waals surface area contributed by atoms with E-state index in [1.54, 1.807) is 13.2 Å². The number of fused-ring (bicyclic) bond motifs is 2. The van der Waals surface area contributed by atoms with Crippen LogP contribution < -0.4 is 19.6 Å². The van der Waals surface area contributed by atoms with Crippen molar-refractivity contribution in [1.29, 1.82) is 0 Å². The molecule has 252 valence electrons. The van der Waals surface area contributed by atoms with Crippen molar-refractivity contribution < 1.29 is 33.6 Å². The van der Waals surface area contributed by atoms with Gasteiger partial charge in [0.15, 0.2) is 16.9 Å². The van der Waals surface area contributed by atoms with Gasteiger partial charge in [-0.3, -0.25) is 9.59 Å². The van der Waals surface area contributed by atoms with E-state index in [0.29, 0.717) is 55.4 Å². The van der Waals surface area contributed by atoms with E-state index in [9.17, 15) is 19.8 Å². The highest BCUT2D eigenvalue weighted by Crippen LogP contribution is 2.45. The molecule has 7 rings (SSSR count). The molecule has 0 bridgehead atoms. The summed E-state index contributed by atoms with van der Waals surface area (Å²) in [5, 5.41) is 22.3. The zero-order valence-electron chi connectivity index (χ0n) is 27.4. The molecule has 0 saturated carbocycles. The molecule has 5 aromatic rings. The van der Waals surface area contributed by atoms with Crippen LogP contribution in [-0.2, 0) is 17.6 Å². The number of methoxy groups -OCH3 is 1. The zero-order chi connectivity index (χ0) is 33.9. The number of phenolic OH excluding ortho intramolecular Hbond substituents is 2. The number of phenols is 2. The predicted molar refractivity (Wildman–Crippen MR) is 186 cm³/mol. The summed E-state index contributed by atoms with van der Waals surface area (Å²) in [7, 11) is 1.57. The Kier molecular flexibility index (Phi) is 9.15. The number of carbonyl (C=O) groups excluding carboxylic acids is 1. The molecule has 0 aliphatic carbocycles. The first-order valence-corrected chi connectivity index (χ1v) is 16.8. The second-order valence-corrected chi connectivity index (χ2v) is 12.6. The van der Waals surface area contributed by atoms with Crippen molar-refractivity contribution >= 4 is 16.9 Å². The fourth-order valence-corrected chi connectivity index (χ4v) is 6.93. The average Bonchev–Trinajstić information content (AvgIpc) is 3.59. The molecule has 0 spiro atoms. The van der Waals surface area contributed by atoms with Crippen LogP contribution in [0.1, 0.15) is 53.9 Å². The van der Waals surface area contributed by atoms with Gasteiger partial charge in [0, 0.05) is 61.5 Å². The van der Waals surface area contributed by atoms with Gasteiger partial charge in [-0.2, -0.15) is 0 Å². The summed E-state index contributed by atoms with van der Waals surface area (Å²) in [5.74, 6) is 0.695. The van der Waals surface area contributed by atoms with Crippen LogP contribution >= 0.6 is 0 Å². The molecule has 9 heteroatoms. The molecule has 1 aromatic heterocycles. The average molecular weight is 662 g/mol. The van der Waals surface area contributed by atoms with E-state index in [1.807, 2.05) is 59.5 Å². The van der Waals surface area contributed by atoms with E-state index in [-0.39, 0.29) is 40.4 Å². The summed E-state index contributed by atoms with van der Waals surface area (Å²) in [5.41, 5.74) is 3.45. The van der Waals surface area contributed by atoms with Crippen LogP contribution in [0.15, 0.2) is 88.1 Å². The van der Waals surface area contributed by atoms with Gasteiger partial charge in [0.25, 0.3) is 0 Å². The van der Waals surface area contributed by atoms with Crippen molar-refractivity contribution in [2.24, 2.45) is 0 Å². The van der Waals surface area contributed by atoms with Crippen LogP contribution in [0.2, 0.25) is 0 Å². The van der Waals surface area contributed by atoms with E-state index < -0.39 is 17.1 Å². The largest absolute Gasteiger partial charge is 0.507 e. The number of rotatable bonds is 10. The van der Waals surface area contributed by atoms with Crippen molar-refractivity contribution in [3.8, 4) is 40.1 Å². The number of carbonyl (C=O) groups is 1. The van der Waals surface area contributed by atoms with Crippen LogP contribution in [0, 0.1) is 0 Å². The molecule has 0 unspecified atom stereocenters. The molecule has 49 heavy (non-hydrogen) atoms. The number of amides is 1. The van der Waals surface area contributed by atoms with Crippen molar-refractivity contribution in [3.05, 3.63) is 111 Å². The summed E-state index contributed by atoms with van der Waals surface area (Å²) in [6, 6.07) is 23.3. The number of likely N-dealkylation sites (tertiary alicyclic amines) is 1. The third-order valence-electron chi connectivity index (χ3n) is 9.48. The van der Waals surface area contributed by atoms with Crippen molar-refractivity contribution in [3.63, 3.8) is 0 Å². The topological polar surface area (TPSA) is 119 Å². The first-order chi connectivity index (χ1) is 23.9. The SMILES string of the molecule is COc1ccc([C@H](CC(=O)N2CCCCC2)c2c(O)cc(O)c3c(=O)cc(-c4ccccc4)oc23)cc1OCCc1ccc2c(c1)CCO2. The van der Waals surface area contributed by atoms with Crippen LogP contribution in [0.25, 0.3) is 22.3 Å². The lowest BCUT2D eigenvalue weighted by atomic mass is 9.85. The number of hydrogen-bond acceptors (Lipinski definition) is 8. The molecular formula is C40H39NO8. The van der Waals surface area contributed by atoms with E-state index in [1.165, 1.54) is 11.6 Å². The molecule has 2 aliphatic rings. The number of benzene rings is 4. The van der Waals surface area contributed by atoms with Gasteiger partial charge >= 0.3 is 0 Å². The van der Waals surface area contributed by atoms with Crippen molar-refractivity contribution in [2.75, 3.05) is 33.4 Å². The Morgan fingerprint density at radius 2 is 1.73 bits per heavy atom. The number of aromatic hydroxyl groups is 2. The minimum atomic E-state index is -0.753. The zero-order valence-corrected chi connectivity index (χ0v) is 27.4. The lowest BCUT2D eigenvalue weighted by Gasteiger charge is -2.29. The Morgan fingerprint density at radius 1 is 0.918 bits per heavy atom. The van der Waals surface area contributed by atoms with Crippen molar-refractivity contribution in [2.45, 2.75) is 44.4 Å². The summed E-state index contributed by atoms with van der Waals surface area (Å²) >= 11 is 0. The van der Waals surface area contributed by atoms with Crippen LogP contribution in [0.3, 0.4) is 0 Å². The Labute approximate surface area is 284 Å². The van der Waals surface area contributed by atoms with E-state index in [4.69, 9.17) is 18.6 Å². The molecular weight excluding hydrogens is 622 g/mol. The highest BCUT2D eigenvalue weighted by atomic mass is 16.5. The third-order valence-corrected chi connectivity index (χ3v) is 9.48. The summed E-state index contributed by atoms with van der Waals surface area (Å²) in [4.78, 5) is 29.2. The molecule has 1 amide bonds. The Morgan fingerprint density at radius 3 is 2.53 bits per heavy atom. The highest BCUT2D eigenvalue weighted by Gasteiger charge is 2.30. The number of ether oxygens (including phenoxy) is 3. The first kappa shape index (κ1) is 32.1. The monoisotopic (exact) mass is 661 g/mol. The van der Waals surface area contributed by atoms with Gasteiger partial charge in [-0.05, 0) is 54.2 Å². The Bertz CT molecular complexity index is 2050. The maximum absolute atomic E-state index is 13.9. The summed E-state index contributed by atoms with van der Waals surface area (Å²) in [6.07, 6.45) is 4.48. The lowest BCUT2D eigenvalue weighted by molar-refractivity contribution is -0.132. The Balaban J connectivity index is 1.30. The molecule has 0 radical (unpaired) electrons. The fraction of sp³-hybridized carbons (Fsp3) is 0.300. The second-order valence-electron chi connectivity index (χ2n) is 12.6. The second kappa shape index (κ2) is 14.0. The van der Waals surface area contributed by atoms with Gasteiger partial charge in [0.1, 0.15) is 34.0 Å². The van der Waals surface area contributed by atoms with Crippen LogP contribution in [0.4, 0.5) is 0 Å². The molecule has 1 fully saturated rings. The Hall–Kier alpha value is -5.44. The summed E-state index contributed by atoms with van der Waals surface area (Å²) in [6.45, 7) is 2.39. The minimum absolute atomic E-state index is 0.00429. The van der Waals surface area contributed by atoms with E-state index in [2.05, 4.69) is 6.07 Å². The van der Waals surface area contributed by atoms with Crippen LogP contribution in [-0.4, -0.2) is 54.4 Å². The van der Waals surface area contributed by atoms with Gasteiger partial charge in [-0.15, -0.1) is 0 Å². The van der Waals surface area contributed by atoms with Gasteiger partial charge in [-0.1, -0.05) is 48.5 Å². The third kappa shape index (κ3) is 6.66. The number of nitrogens with zero attached hydrogens (tertiary/aromatic N) is 1. The van der Waals surface area contributed by atoms with Gasteiger partial charge in [-0.25, -0.2) is 0 Å². The van der Waals surface area contributed by atoms with Crippen LogP contribution in [0.5, 0.6) is 28.7 Å². The standard InChI is InChI=1S/C40H39NO8/c1-46-34-13-11-27(21-36(34)48-18-14-25-10-12-33-28(20-25)15-19-47-33)29(22-37(45)41-16-6-3-7-17-41)38-30(42)23-31(43)39-32(44)24-35(49-40(38)39)26-8-4-2-5-9-26/h2,4-5,8-13,20-21,23-24,29,42-43H,3,6-7,14-19,22H2,1H3/t29-/m0/s1. The molecule has 1 saturated heterocycles. The van der Waals surface area contributed by atoms with Gasteiger partial charge in [0.05, 0.1) is 20.3 Å². The lowest BCUT2D eigenvalue weighted by Crippen LogP contribution is -2.36. The van der Waals surface area contributed by atoms with E-state index in [0.717, 1.165) is 43.1 Å². The van der Waals surface area contributed by atoms with Crippen molar-refractivity contribution in [1.82, 2.24) is 4.90 Å². The molecule has 2 N–H and O–H groups in total. The molecule has 3 heterocycles. The molecule has 2 aliphatic heterocycles. The molecule has 1 atom stereocenters. The number of piperidine rings is 1. The summed E-state index contributed by atoms with van der Waals surface area (Å²) < 4.78 is 24.0. The highest BCUT2D eigenvalue weighted by molar-refractivity contribution is 5.91. The minimum Gasteiger partial charge on any atom is -0.507 e. The smallest absolute Gasteiger partial charge is 0.223 e. The van der Waals surface area contributed by atoms with Gasteiger partial charge < -0.3 is 33.7 Å². The predicted octanol–water partition coefficient (Wildman–Crippen LogP) is 6.97. The maximum atomic E-state index is 13.9. The maximum Gasteiger partial charge on any atom is 0.223 e. The quantitative estimate of drug-likeness (QED) is 0.165. The first-order valence-electron chi connectivity index (χ1n) is 16.8. The number of hydrogen-bond donors (Lipinski definition) is 2. The normalized spacial score (nSPS) is 14.7. The molecule has 9 nitrogen and oxygen atoms in total. The fourth-order valence-electron chi connectivity index (χ4n) is 6.93. The van der Waals surface area contributed by atoms with E-state index >= 15 is 0 Å². The molecule has 4 aromatic carbocycles. The van der Waals surface area contributed by atoms with Gasteiger partial charge in [0.2, 0.25) is 5.91 Å².